The van der Waals surface area contributed by atoms with Crippen LogP contribution in [0.4, 0.5) is 11.4 Å². The second kappa shape index (κ2) is 7.18. The zero-order valence-electron chi connectivity index (χ0n) is 14.5. The molecule has 0 heterocycles. The van der Waals surface area contributed by atoms with Crippen LogP contribution in [-0.2, 0) is 0 Å². The molecular formula is C23H23N. The van der Waals surface area contributed by atoms with Gasteiger partial charge in [-0.2, -0.15) is 0 Å². The topological polar surface area (TPSA) is 12.0 Å². The molecule has 120 valence electrons. The Morgan fingerprint density at radius 1 is 0.667 bits per heavy atom. The lowest BCUT2D eigenvalue weighted by Crippen LogP contribution is -1.95. The molecule has 0 radical (unpaired) electrons. The summed E-state index contributed by atoms with van der Waals surface area (Å²) >= 11 is 0. The van der Waals surface area contributed by atoms with E-state index in [-0.39, 0.29) is 0 Å². The van der Waals surface area contributed by atoms with E-state index in [1.165, 1.54) is 33.5 Å². The summed E-state index contributed by atoms with van der Waals surface area (Å²) in [6, 6.07) is 23.4. The summed E-state index contributed by atoms with van der Waals surface area (Å²) in [6.45, 7) is 6.38. The van der Waals surface area contributed by atoms with Crippen LogP contribution in [0, 0.1) is 20.8 Å². The van der Waals surface area contributed by atoms with Gasteiger partial charge in [0.25, 0.3) is 0 Å². The van der Waals surface area contributed by atoms with Crippen LogP contribution in [-0.4, -0.2) is 0 Å². The van der Waals surface area contributed by atoms with E-state index in [0.29, 0.717) is 0 Å². The van der Waals surface area contributed by atoms with E-state index in [1.807, 2.05) is 0 Å². The highest BCUT2D eigenvalue weighted by Crippen LogP contribution is 2.24. The number of hydrogen-bond acceptors (Lipinski definition) is 1. The molecule has 3 aromatic carbocycles. The minimum absolute atomic E-state index is 1.11. The Kier molecular flexibility index (Phi) is 4.81. The molecule has 3 rings (SSSR count). The maximum Gasteiger partial charge on any atom is 0.0443 e. The van der Waals surface area contributed by atoms with Crippen LogP contribution < -0.4 is 5.32 Å². The molecule has 0 aliphatic heterocycles. The molecule has 0 bridgehead atoms. The first kappa shape index (κ1) is 16.1. The fourth-order valence-corrected chi connectivity index (χ4v) is 2.80. The van der Waals surface area contributed by atoms with Crippen molar-refractivity contribution in [2.24, 2.45) is 0 Å². The van der Waals surface area contributed by atoms with Crippen LogP contribution in [0.5, 0.6) is 0 Å². The van der Waals surface area contributed by atoms with Gasteiger partial charge in [-0.1, -0.05) is 72.3 Å². The van der Waals surface area contributed by atoms with Crippen LogP contribution in [0.25, 0.3) is 12.2 Å². The molecule has 24 heavy (non-hydrogen) atoms. The van der Waals surface area contributed by atoms with Gasteiger partial charge in [-0.05, 0) is 55.2 Å². The number of rotatable bonds is 4. The monoisotopic (exact) mass is 313 g/mol. The van der Waals surface area contributed by atoms with Crippen LogP contribution in [0.1, 0.15) is 27.8 Å². The Morgan fingerprint density at radius 3 is 1.96 bits per heavy atom. The molecular weight excluding hydrogens is 290 g/mol. The minimum atomic E-state index is 1.11. The molecule has 1 nitrogen and oxygen atoms in total. The molecule has 0 amide bonds. The van der Waals surface area contributed by atoms with Gasteiger partial charge in [0, 0.05) is 11.4 Å². The number of aryl methyl sites for hydroxylation is 3. The van der Waals surface area contributed by atoms with Gasteiger partial charge < -0.3 is 5.32 Å². The molecule has 0 spiro atoms. The predicted octanol–water partition coefficient (Wildman–Crippen LogP) is 6.53. The summed E-state index contributed by atoms with van der Waals surface area (Å²) in [6.07, 6.45) is 4.30. The Hall–Kier alpha value is -2.80. The predicted molar refractivity (Wildman–Crippen MR) is 106 cm³/mol. The first-order chi connectivity index (χ1) is 11.6. The summed E-state index contributed by atoms with van der Waals surface area (Å²) < 4.78 is 0. The van der Waals surface area contributed by atoms with Crippen LogP contribution in [0.15, 0.2) is 66.7 Å². The van der Waals surface area contributed by atoms with E-state index in [9.17, 15) is 0 Å². The Labute approximate surface area is 144 Å². The Bertz CT molecular complexity index is 837. The fourth-order valence-electron chi connectivity index (χ4n) is 2.80. The lowest BCUT2D eigenvalue weighted by atomic mass is 10.1. The highest BCUT2D eigenvalue weighted by atomic mass is 14.9. The highest BCUT2D eigenvalue weighted by molar-refractivity contribution is 5.72. The zero-order chi connectivity index (χ0) is 16.9. The van der Waals surface area contributed by atoms with Gasteiger partial charge in [-0.15, -0.1) is 0 Å². The quantitative estimate of drug-likeness (QED) is 0.540. The van der Waals surface area contributed by atoms with Crippen molar-refractivity contribution in [2.45, 2.75) is 20.8 Å². The van der Waals surface area contributed by atoms with Crippen molar-refractivity contribution >= 4 is 23.5 Å². The van der Waals surface area contributed by atoms with E-state index in [0.717, 1.165) is 5.69 Å². The van der Waals surface area contributed by atoms with Crippen molar-refractivity contribution in [3.63, 3.8) is 0 Å². The lowest BCUT2D eigenvalue weighted by molar-refractivity contribution is 1.36. The van der Waals surface area contributed by atoms with Crippen molar-refractivity contribution in [3.8, 4) is 0 Å². The lowest BCUT2D eigenvalue weighted by Gasteiger charge is -2.12. The average molecular weight is 313 g/mol. The minimum Gasteiger partial charge on any atom is -0.355 e. The SMILES string of the molecule is Cc1cccc(/C=C/c2ccc(Nc3c(C)cccc3C)cc2)c1. The number of nitrogens with one attached hydrogen (secondary N) is 1. The van der Waals surface area contributed by atoms with Gasteiger partial charge in [-0.25, -0.2) is 0 Å². The second-order valence-electron chi connectivity index (χ2n) is 6.26. The van der Waals surface area contributed by atoms with Gasteiger partial charge in [-0.3, -0.25) is 0 Å². The normalized spacial score (nSPS) is 11.0. The van der Waals surface area contributed by atoms with E-state index in [1.54, 1.807) is 0 Å². The van der Waals surface area contributed by atoms with Crippen molar-refractivity contribution in [1.82, 2.24) is 0 Å². The molecule has 0 aliphatic rings. The van der Waals surface area contributed by atoms with E-state index in [4.69, 9.17) is 0 Å². The van der Waals surface area contributed by atoms with Gasteiger partial charge in [0.2, 0.25) is 0 Å². The number of hydrogen-bond donors (Lipinski definition) is 1. The molecule has 0 fully saturated rings. The van der Waals surface area contributed by atoms with E-state index >= 15 is 0 Å². The van der Waals surface area contributed by atoms with Crippen LogP contribution >= 0.6 is 0 Å². The largest absolute Gasteiger partial charge is 0.355 e. The maximum atomic E-state index is 3.52. The molecule has 0 aliphatic carbocycles. The van der Waals surface area contributed by atoms with Gasteiger partial charge >= 0.3 is 0 Å². The molecule has 0 aromatic heterocycles. The van der Waals surface area contributed by atoms with Crippen molar-refractivity contribution in [1.29, 1.82) is 0 Å². The van der Waals surface area contributed by atoms with Crippen molar-refractivity contribution in [3.05, 3.63) is 94.5 Å². The fraction of sp³-hybridized carbons (Fsp3) is 0.130. The van der Waals surface area contributed by atoms with Crippen molar-refractivity contribution in [2.75, 3.05) is 5.32 Å². The molecule has 0 saturated carbocycles. The zero-order valence-corrected chi connectivity index (χ0v) is 14.5. The summed E-state index contributed by atoms with van der Waals surface area (Å²) in [4.78, 5) is 0. The maximum absolute atomic E-state index is 3.52. The van der Waals surface area contributed by atoms with E-state index < -0.39 is 0 Å². The third-order valence-electron chi connectivity index (χ3n) is 4.17. The number of benzene rings is 3. The first-order valence-corrected chi connectivity index (χ1v) is 8.30. The Morgan fingerprint density at radius 2 is 1.29 bits per heavy atom. The third kappa shape index (κ3) is 3.94. The standard InChI is InChI=1S/C23H23N/c1-17-6-4-9-21(16-17)11-10-20-12-14-22(15-13-20)24-23-18(2)7-5-8-19(23)3/h4-16,24H,1-3H3/b11-10+. The summed E-state index contributed by atoms with van der Waals surface area (Å²) in [5, 5.41) is 3.52. The molecule has 1 N–H and O–H groups in total. The molecule has 0 atom stereocenters. The number of para-hydroxylation sites is 1. The summed E-state index contributed by atoms with van der Waals surface area (Å²) in [5.41, 5.74) is 8.54. The van der Waals surface area contributed by atoms with Crippen molar-refractivity contribution < 1.29 is 0 Å². The van der Waals surface area contributed by atoms with Gasteiger partial charge in [0.05, 0.1) is 0 Å². The van der Waals surface area contributed by atoms with Gasteiger partial charge in [0.15, 0.2) is 0 Å². The highest BCUT2D eigenvalue weighted by Gasteiger charge is 2.02. The molecule has 3 aromatic rings. The Balaban J connectivity index is 1.74. The molecule has 1 heteroatoms. The second-order valence-corrected chi connectivity index (χ2v) is 6.26. The summed E-state index contributed by atoms with van der Waals surface area (Å²) in [7, 11) is 0. The first-order valence-electron chi connectivity index (χ1n) is 8.30. The molecule has 0 unspecified atom stereocenters. The third-order valence-corrected chi connectivity index (χ3v) is 4.17. The average Bonchev–Trinajstić information content (AvgIpc) is 2.58. The smallest absolute Gasteiger partial charge is 0.0443 e. The van der Waals surface area contributed by atoms with Gasteiger partial charge in [0.1, 0.15) is 0 Å². The van der Waals surface area contributed by atoms with E-state index in [2.05, 4.69) is 105 Å². The van der Waals surface area contributed by atoms with Crippen LogP contribution in [0.3, 0.4) is 0 Å². The molecule has 0 saturated heterocycles. The summed E-state index contributed by atoms with van der Waals surface area (Å²) in [5.74, 6) is 0. The number of anilines is 2. The van der Waals surface area contributed by atoms with Crippen LogP contribution in [0.2, 0.25) is 0 Å².